The molecule has 0 radical (unpaired) electrons. The molecule has 1 aromatic heterocycles. The van der Waals surface area contributed by atoms with Crippen LogP contribution in [0.15, 0.2) is 54.9 Å². The average molecular weight is 526 g/mol. The number of carbonyl (C=O) groups excluding carboxylic acids is 1. The molecule has 2 heterocycles. The van der Waals surface area contributed by atoms with Crippen LogP contribution in [0.4, 0.5) is 0 Å². The maximum Gasteiger partial charge on any atom is 0.613 e. The number of aromatic hydroxyl groups is 1. The Bertz CT molecular complexity index is 888. The molecule has 0 spiro atoms. The van der Waals surface area contributed by atoms with Crippen molar-refractivity contribution in [3.63, 3.8) is 0 Å². The minimum atomic E-state index is -2.15. The molecule has 36 heavy (non-hydrogen) atoms. The van der Waals surface area contributed by atoms with Gasteiger partial charge in [0.1, 0.15) is 18.4 Å². The van der Waals surface area contributed by atoms with Crippen LogP contribution in [0.5, 0.6) is 5.75 Å². The predicted molar refractivity (Wildman–Crippen MR) is 135 cm³/mol. The van der Waals surface area contributed by atoms with Crippen molar-refractivity contribution in [1.29, 1.82) is 0 Å². The van der Waals surface area contributed by atoms with Crippen molar-refractivity contribution in [2.45, 2.75) is 77.6 Å². The van der Waals surface area contributed by atoms with E-state index in [9.17, 15) is 9.36 Å². The Morgan fingerprint density at radius 1 is 1.14 bits per heavy atom. The molecule has 1 saturated heterocycles. The molecular formula is C25H38N2O8P+. The van der Waals surface area contributed by atoms with Gasteiger partial charge in [-0.05, 0) is 81.9 Å². The van der Waals surface area contributed by atoms with Gasteiger partial charge in [0, 0.05) is 12.4 Å². The molecule has 1 aromatic carbocycles. The standard InChI is InChI=1S/C16H24N2O5P.C6H6O.C3H8O2/c1-11(2)22-16(19)12(3)18-24(20)21-10-14-4-5-15(23-14)13-6-8-17-9-7-13;7-6-4-2-1-3-5-6;1-3(2,4)5/h6-9,11-12,14-15H,4-5,10H2,1-3H3,(H,18,20);1-5,7H;4-5H,1-2H3/q+1;;. The molecule has 4 unspecified atom stereocenters. The van der Waals surface area contributed by atoms with E-state index in [1.54, 1.807) is 57.4 Å². The van der Waals surface area contributed by atoms with Crippen LogP contribution in [0.25, 0.3) is 0 Å². The summed E-state index contributed by atoms with van der Waals surface area (Å²) in [6.45, 7) is 7.93. The van der Waals surface area contributed by atoms with Crippen LogP contribution in [0.1, 0.15) is 59.1 Å². The maximum atomic E-state index is 11.9. The Labute approximate surface area is 213 Å². The highest BCUT2D eigenvalue weighted by atomic mass is 31.1. The van der Waals surface area contributed by atoms with Crippen molar-refractivity contribution >= 4 is 14.1 Å². The van der Waals surface area contributed by atoms with Crippen LogP contribution in [0.3, 0.4) is 0 Å². The number of aliphatic hydroxyl groups is 2. The minimum Gasteiger partial charge on any atom is -0.508 e. The Kier molecular flexibility index (Phi) is 14.3. The number of aromatic nitrogens is 1. The Morgan fingerprint density at radius 3 is 2.22 bits per heavy atom. The summed E-state index contributed by atoms with van der Waals surface area (Å²) in [6.07, 6.45) is 4.90. The van der Waals surface area contributed by atoms with Gasteiger partial charge in [-0.3, -0.25) is 9.78 Å². The second-order valence-corrected chi connectivity index (χ2v) is 9.85. The van der Waals surface area contributed by atoms with E-state index in [-0.39, 0.29) is 24.9 Å². The Balaban J connectivity index is 0.000000442. The molecule has 0 aliphatic carbocycles. The number of benzene rings is 1. The molecule has 0 amide bonds. The molecule has 3 rings (SSSR count). The van der Waals surface area contributed by atoms with Crippen molar-refractivity contribution in [1.82, 2.24) is 10.1 Å². The van der Waals surface area contributed by atoms with Crippen molar-refractivity contribution in [2.24, 2.45) is 0 Å². The highest BCUT2D eigenvalue weighted by molar-refractivity contribution is 7.36. The van der Waals surface area contributed by atoms with Crippen molar-refractivity contribution in [3.8, 4) is 5.75 Å². The van der Waals surface area contributed by atoms with Crippen LogP contribution in [-0.4, -0.2) is 56.9 Å². The van der Waals surface area contributed by atoms with Gasteiger partial charge in [-0.15, -0.1) is 4.52 Å². The smallest absolute Gasteiger partial charge is 0.508 e. The average Bonchev–Trinajstić information content (AvgIpc) is 3.27. The highest BCUT2D eigenvalue weighted by Gasteiger charge is 2.32. The number of phenols is 1. The molecule has 1 aliphatic heterocycles. The number of pyridine rings is 1. The first-order chi connectivity index (χ1) is 16.8. The largest absolute Gasteiger partial charge is 0.613 e. The van der Waals surface area contributed by atoms with Gasteiger partial charge in [0.25, 0.3) is 0 Å². The van der Waals surface area contributed by atoms with Crippen LogP contribution in [0, 0.1) is 0 Å². The van der Waals surface area contributed by atoms with Crippen molar-refractivity contribution < 1.29 is 38.7 Å². The van der Waals surface area contributed by atoms with E-state index in [2.05, 4.69) is 10.1 Å². The fourth-order valence-electron chi connectivity index (χ4n) is 2.81. The van der Waals surface area contributed by atoms with E-state index < -0.39 is 26.0 Å². The van der Waals surface area contributed by atoms with Crippen LogP contribution < -0.4 is 5.09 Å². The van der Waals surface area contributed by atoms with E-state index in [0.717, 1.165) is 18.4 Å². The summed E-state index contributed by atoms with van der Waals surface area (Å²) in [6, 6.07) is 11.9. The lowest BCUT2D eigenvalue weighted by molar-refractivity contribution is -0.149. The minimum absolute atomic E-state index is 0.0207. The number of phenolic OH excluding ortho intramolecular Hbond substituents is 1. The topological polar surface area (TPSA) is 147 Å². The highest BCUT2D eigenvalue weighted by Crippen LogP contribution is 2.33. The van der Waals surface area contributed by atoms with E-state index >= 15 is 0 Å². The fraction of sp³-hybridized carbons (Fsp3) is 0.520. The molecular weight excluding hydrogens is 487 g/mol. The number of para-hydroxylation sites is 1. The number of nitrogens with zero attached hydrogens (tertiary/aromatic N) is 1. The first-order valence-corrected chi connectivity index (χ1v) is 12.8. The fourth-order valence-corrected chi connectivity index (χ4v) is 3.61. The summed E-state index contributed by atoms with van der Waals surface area (Å²) in [5.41, 5.74) is 1.08. The maximum absolute atomic E-state index is 11.9. The molecule has 11 heteroatoms. The molecule has 0 saturated carbocycles. The second-order valence-electron chi connectivity index (χ2n) is 8.82. The number of rotatable bonds is 8. The van der Waals surface area contributed by atoms with Crippen molar-refractivity contribution in [3.05, 3.63) is 60.4 Å². The van der Waals surface area contributed by atoms with Crippen LogP contribution in [-0.2, 0) is 23.4 Å². The second kappa shape index (κ2) is 16.3. The zero-order valence-corrected chi connectivity index (χ0v) is 22.3. The summed E-state index contributed by atoms with van der Waals surface area (Å²) >= 11 is 0. The van der Waals surface area contributed by atoms with Crippen LogP contribution >= 0.6 is 8.18 Å². The van der Waals surface area contributed by atoms with E-state index in [0.29, 0.717) is 5.75 Å². The molecule has 4 atom stereocenters. The van der Waals surface area contributed by atoms with Gasteiger partial charge in [-0.2, -0.15) is 0 Å². The van der Waals surface area contributed by atoms with Gasteiger partial charge >= 0.3 is 14.1 Å². The van der Waals surface area contributed by atoms with Crippen molar-refractivity contribution in [2.75, 3.05) is 6.61 Å². The SMILES string of the molecule is CC(C)(O)O.CC(C)OC(=O)C(C)N[P+](=O)OCC1CCC(c2ccncc2)O1.Oc1ccccc1. The summed E-state index contributed by atoms with van der Waals surface area (Å²) in [7, 11) is -2.15. The van der Waals surface area contributed by atoms with Gasteiger partial charge in [-0.1, -0.05) is 23.3 Å². The van der Waals surface area contributed by atoms with Gasteiger partial charge in [0.15, 0.2) is 5.79 Å². The molecule has 200 valence electrons. The zero-order valence-electron chi connectivity index (χ0n) is 21.4. The quantitative estimate of drug-likeness (QED) is 0.226. The van der Waals surface area contributed by atoms with Gasteiger partial charge in [-0.25, -0.2) is 0 Å². The molecule has 1 aliphatic rings. The molecule has 1 fully saturated rings. The normalized spacial score (nSPS) is 18.3. The van der Waals surface area contributed by atoms with E-state index in [4.69, 9.17) is 29.3 Å². The summed E-state index contributed by atoms with van der Waals surface area (Å²) < 4.78 is 28.1. The summed E-state index contributed by atoms with van der Waals surface area (Å²) in [4.78, 5) is 15.6. The van der Waals surface area contributed by atoms with Gasteiger partial charge in [0.05, 0.1) is 18.3 Å². The number of nitrogens with one attached hydrogen (secondary N) is 1. The lowest BCUT2D eigenvalue weighted by Crippen LogP contribution is -2.33. The monoisotopic (exact) mass is 525 g/mol. The zero-order chi connectivity index (χ0) is 27.1. The summed E-state index contributed by atoms with van der Waals surface area (Å²) in [5.74, 6) is -1.63. The third kappa shape index (κ3) is 15.5. The lowest BCUT2D eigenvalue weighted by Gasteiger charge is -2.12. The summed E-state index contributed by atoms with van der Waals surface area (Å²) in [5, 5.41) is 27.4. The van der Waals surface area contributed by atoms with Gasteiger partial charge < -0.3 is 24.8 Å². The Hall–Kier alpha value is -2.46. The van der Waals surface area contributed by atoms with Gasteiger partial charge in [0.2, 0.25) is 0 Å². The predicted octanol–water partition coefficient (Wildman–Crippen LogP) is 4.00. The number of hydrogen-bond acceptors (Lipinski definition) is 9. The lowest BCUT2D eigenvalue weighted by atomic mass is 10.1. The first-order valence-electron chi connectivity index (χ1n) is 11.7. The Morgan fingerprint density at radius 2 is 1.72 bits per heavy atom. The van der Waals surface area contributed by atoms with Crippen LogP contribution in [0.2, 0.25) is 0 Å². The third-order valence-corrected chi connectivity index (χ3v) is 5.31. The number of carbonyl (C=O) groups is 1. The number of ether oxygens (including phenoxy) is 2. The number of hydrogen-bond donors (Lipinski definition) is 4. The molecule has 10 nitrogen and oxygen atoms in total. The number of esters is 1. The first kappa shape index (κ1) is 31.6. The third-order valence-electron chi connectivity index (χ3n) is 4.32. The van der Waals surface area contributed by atoms with E-state index in [1.165, 1.54) is 13.8 Å². The molecule has 0 bridgehead atoms. The molecule has 2 aromatic rings. The van der Waals surface area contributed by atoms with E-state index in [1.807, 2.05) is 18.2 Å². The molecule has 4 N–H and O–H groups in total.